The third-order valence-electron chi connectivity index (χ3n) is 4.74. The van der Waals surface area contributed by atoms with Gasteiger partial charge in [0.25, 0.3) is 10.1 Å². The smallest absolute Gasteiger partial charge is 0.331 e. The van der Waals surface area contributed by atoms with Gasteiger partial charge in [-0.3, -0.25) is 9.08 Å². The Hall–Kier alpha value is 0.600. The van der Waals surface area contributed by atoms with Gasteiger partial charge in [-0.1, -0.05) is 92.9 Å². The number of nitrogens with zero attached hydrogens (tertiary/aromatic N) is 1. The summed E-state index contributed by atoms with van der Waals surface area (Å²) in [6, 6.07) is 5.15. The molecule has 250 valence electrons. The first kappa shape index (κ1) is 44.7. The van der Waals surface area contributed by atoms with E-state index < -0.39 is 48.0 Å². The van der Waals surface area contributed by atoms with Crippen LogP contribution in [-0.2, 0) is 23.8 Å². The molecule has 3 rings (SSSR count). The first-order valence-electron chi connectivity index (χ1n) is 11.7. The molecule has 0 aliphatic carbocycles. The predicted molar refractivity (Wildman–Crippen MR) is 170 cm³/mol. The van der Waals surface area contributed by atoms with Gasteiger partial charge >= 0.3 is 24.7 Å². The Morgan fingerprint density at radius 3 is 1.67 bits per heavy atom. The van der Waals surface area contributed by atoms with Crippen molar-refractivity contribution in [1.29, 1.82) is 0 Å². The third-order valence-corrected chi connectivity index (χ3v) is 6.02. The Kier molecular flexibility index (Phi) is 24.5. The van der Waals surface area contributed by atoms with Crippen LogP contribution in [-0.4, -0.2) is 104 Å². The number of hydrogen-bond acceptors (Lipinski definition) is 7. The van der Waals surface area contributed by atoms with Crippen molar-refractivity contribution in [3.8, 4) is 0 Å². The van der Waals surface area contributed by atoms with Gasteiger partial charge in [0.2, 0.25) is 0 Å². The molecule has 0 aromatic heterocycles. The standard InChI is InChI=1S/C10H10F4O3S.C7H11F4NO.C4H9NO.CHI3.CH4/c1-7-2-4-8(5-3-7)18(15,16)17-6-10(13,14)9(11)12;8-6(9)7(10,11)5-12-1-3-13-4-2-12;1-3-6-4-2-5-1;2-1(3)4;/h2-5,9H,6H2,1H3;6H,1-5H2;5H,1-4H2;1H;1H4. The number of morpholine rings is 2. The fraction of sp³-hybridized carbons (Fsp3) is 0.739. The van der Waals surface area contributed by atoms with E-state index in [1.807, 2.05) is 0 Å². The summed E-state index contributed by atoms with van der Waals surface area (Å²) in [4.78, 5) is 0.925. The van der Waals surface area contributed by atoms with Crippen LogP contribution in [0.25, 0.3) is 0 Å². The molecule has 1 aromatic carbocycles. The van der Waals surface area contributed by atoms with Crippen molar-refractivity contribution in [3.63, 3.8) is 0 Å². The summed E-state index contributed by atoms with van der Waals surface area (Å²) in [5.74, 6) is -8.41. The van der Waals surface area contributed by atoms with Crippen LogP contribution in [0, 0.1) is 6.92 Å². The van der Waals surface area contributed by atoms with Crippen LogP contribution < -0.4 is 5.32 Å². The van der Waals surface area contributed by atoms with E-state index in [-0.39, 0.29) is 12.3 Å². The first-order chi connectivity index (χ1) is 18.9. The van der Waals surface area contributed by atoms with Crippen molar-refractivity contribution < 1.29 is 57.2 Å². The molecule has 0 spiro atoms. The van der Waals surface area contributed by atoms with E-state index in [0.717, 1.165) is 43.9 Å². The minimum Gasteiger partial charge on any atom is -0.379 e. The minimum absolute atomic E-state index is 0. The Balaban J connectivity index is 0. The molecule has 2 fully saturated rings. The maximum Gasteiger partial charge on any atom is 0.331 e. The summed E-state index contributed by atoms with van der Waals surface area (Å²) < 4.78 is 135. The molecule has 2 aliphatic rings. The van der Waals surface area contributed by atoms with Crippen molar-refractivity contribution in [3.05, 3.63) is 29.8 Å². The summed E-state index contributed by atoms with van der Waals surface area (Å²) in [6.45, 7) is 4.01. The zero-order valence-electron chi connectivity index (χ0n) is 21.7. The lowest BCUT2D eigenvalue weighted by atomic mass is 10.2. The number of halogens is 11. The van der Waals surface area contributed by atoms with Crippen molar-refractivity contribution in [1.82, 2.24) is 10.2 Å². The van der Waals surface area contributed by atoms with Crippen LogP contribution in [0.2, 0.25) is 0 Å². The number of ether oxygens (including phenoxy) is 2. The molecular formula is C23H35F8I3N2O5S. The lowest BCUT2D eigenvalue weighted by molar-refractivity contribution is -0.148. The highest BCUT2D eigenvalue weighted by Crippen LogP contribution is 2.25. The number of rotatable bonds is 8. The van der Waals surface area contributed by atoms with Gasteiger partial charge in [-0.15, -0.1) is 0 Å². The molecule has 2 heterocycles. The van der Waals surface area contributed by atoms with E-state index in [9.17, 15) is 43.5 Å². The Morgan fingerprint density at radius 2 is 1.31 bits per heavy atom. The second kappa shape index (κ2) is 23.0. The minimum atomic E-state index is -4.50. The van der Waals surface area contributed by atoms with Crippen LogP contribution >= 0.6 is 67.8 Å². The van der Waals surface area contributed by atoms with Crippen molar-refractivity contribution in [2.45, 2.75) is 43.9 Å². The van der Waals surface area contributed by atoms with E-state index in [0.29, 0.717) is 26.3 Å². The largest absolute Gasteiger partial charge is 0.379 e. The quantitative estimate of drug-likeness (QED) is 0.136. The summed E-state index contributed by atoms with van der Waals surface area (Å²) in [5.41, 5.74) is 0.756. The molecule has 0 bridgehead atoms. The fourth-order valence-electron chi connectivity index (χ4n) is 2.63. The highest BCUT2D eigenvalue weighted by atomic mass is 127. The zero-order chi connectivity index (χ0) is 31.7. The number of alkyl halides is 11. The summed E-state index contributed by atoms with van der Waals surface area (Å²) in [5, 5.41) is 3.16. The van der Waals surface area contributed by atoms with Crippen LogP contribution in [0.1, 0.15) is 13.0 Å². The second-order valence-electron chi connectivity index (χ2n) is 8.15. The normalized spacial score (nSPS) is 16.4. The Morgan fingerprint density at radius 1 is 0.881 bits per heavy atom. The summed E-state index contributed by atoms with van der Waals surface area (Å²) in [7, 11) is -4.46. The second-order valence-corrected chi connectivity index (χ2v) is 20.7. The number of benzene rings is 1. The predicted octanol–water partition coefficient (Wildman–Crippen LogP) is 6.64. The van der Waals surface area contributed by atoms with Gasteiger partial charge in [0.05, 0.1) is 37.9 Å². The summed E-state index contributed by atoms with van der Waals surface area (Å²) >= 11 is 6.95. The molecular weight excluding hydrogens is 949 g/mol. The average molecular weight is 984 g/mol. The monoisotopic (exact) mass is 984 g/mol. The fourth-order valence-corrected chi connectivity index (χ4v) is 3.55. The number of nitrogens with one attached hydrogen (secondary N) is 1. The molecule has 2 saturated heterocycles. The topological polar surface area (TPSA) is 77.1 Å². The van der Waals surface area contributed by atoms with Gasteiger partial charge in [0, 0.05) is 26.2 Å². The zero-order valence-corrected chi connectivity index (χ0v) is 29.0. The molecule has 1 aromatic rings. The van der Waals surface area contributed by atoms with Gasteiger partial charge in [-0.25, -0.2) is 17.6 Å². The highest BCUT2D eigenvalue weighted by Gasteiger charge is 2.43. The first-order valence-corrected chi connectivity index (χ1v) is 16.8. The van der Waals surface area contributed by atoms with E-state index >= 15 is 0 Å². The van der Waals surface area contributed by atoms with E-state index in [2.05, 4.69) is 77.3 Å². The number of aryl methyl sites for hydroxylation is 1. The van der Waals surface area contributed by atoms with Crippen molar-refractivity contribution in [2.24, 2.45) is 0 Å². The highest BCUT2D eigenvalue weighted by molar-refractivity contribution is 14.3. The maximum atomic E-state index is 12.5. The molecule has 7 nitrogen and oxygen atoms in total. The lowest BCUT2D eigenvalue weighted by Gasteiger charge is -2.29. The van der Waals surface area contributed by atoms with Crippen LogP contribution in [0.4, 0.5) is 35.1 Å². The van der Waals surface area contributed by atoms with Crippen LogP contribution in [0.15, 0.2) is 29.2 Å². The Bertz CT molecular complexity index is 913. The van der Waals surface area contributed by atoms with Crippen LogP contribution in [0.3, 0.4) is 0 Å². The van der Waals surface area contributed by atoms with Gasteiger partial charge in [0.1, 0.15) is 6.54 Å². The SMILES string of the molecule is C.C1COCCN1.Cc1ccc(S(=O)(=O)OCC(F)(F)C(F)F)cc1.FC(F)C(F)(F)CN1CCOCC1.IC(I)I. The van der Waals surface area contributed by atoms with Crippen LogP contribution in [0.5, 0.6) is 0 Å². The maximum absolute atomic E-state index is 12.5. The molecule has 0 saturated carbocycles. The molecule has 2 aliphatic heterocycles. The van der Waals surface area contributed by atoms with Gasteiger partial charge < -0.3 is 14.8 Å². The Labute approximate surface area is 282 Å². The lowest BCUT2D eigenvalue weighted by Crippen LogP contribution is -2.46. The van der Waals surface area contributed by atoms with E-state index in [4.69, 9.17) is 9.47 Å². The molecule has 0 unspecified atom stereocenters. The third kappa shape index (κ3) is 21.4. The summed E-state index contributed by atoms with van der Waals surface area (Å²) in [6.07, 6.45) is -7.57. The average Bonchev–Trinajstić information content (AvgIpc) is 2.89. The van der Waals surface area contributed by atoms with E-state index in [1.165, 1.54) is 17.0 Å². The molecule has 0 radical (unpaired) electrons. The number of hydrogen-bond donors (Lipinski definition) is 1. The van der Waals surface area contributed by atoms with Gasteiger partial charge in [0.15, 0.2) is 0 Å². The van der Waals surface area contributed by atoms with Crippen molar-refractivity contribution in [2.75, 3.05) is 65.8 Å². The van der Waals surface area contributed by atoms with Gasteiger partial charge in [-0.2, -0.15) is 26.0 Å². The van der Waals surface area contributed by atoms with Gasteiger partial charge in [-0.05, 0) is 19.1 Å². The molecule has 0 atom stereocenters. The molecule has 0 amide bonds. The van der Waals surface area contributed by atoms with Crippen molar-refractivity contribution >= 4 is 77.9 Å². The molecule has 1 N–H and O–H groups in total. The molecule has 42 heavy (non-hydrogen) atoms. The van der Waals surface area contributed by atoms with E-state index in [1.54, 1.807) is 6.92 Å². The molecule has 19 heteroatoms.